The van der Waals surface area contributed by atoms with Crippen molar-refractivity contribution in [3.8, 4) is 0 Å². The fraction of sp³-hybridized carbons (Fsp3) is 0.833. The summed E-state index contributed by atoms with van der Waals surface area (Å²) in [5, 5.41) is 0. The van der Waals surface area contributed by atoms with Crippen molar-refractivity contribution in [2.45, 2.75) is 62.8 Å². The van der Waals surface area contributed by atoms with E-state index < -0.39 is 17.9 Å². The molecule has 0 radical (unpaired) electrons. The molecule has 0 saturated carbocycles. The van der Waals surface area contributed by atoms with Crippen molar-refractivity contribution in [2.24, 2.45) is 0 Å². The van der Waals surface area contributed by atoms with Crippen LogP contribution in [-0.2, 0) is 33.2 Å². The van der Waals surface area contributed by atoms with Gasteiger partial charge in [0.25, 0.3) is 0 Å². The first kappa shape index (κ1) is 22.1. The number of hydrogen-bond acceptors (Lipinski definition) is 7. The molecule has 1 rings (SSSR count). The molecule has 0 saturated heterocycles. The molecule has 7 nitrogen and oxygen atoms in total. The van der Waals surface area contributed by atoms with Crippen LogP contribution in [0.3, 0.4) is 0 Å². The van der Waals surface area contributed by atoms with Crippen LogP contribution in [-0.4, -0.2) is 59.4 Å². The van der Waals surface area contributed by atoms with Gasteiger partial charge in [-0.2, -0.15) is 0 Å². The monoisotopic (exact) mass is 360 g/mol. The number of unbranched alkanes of at least 4 members (excludes halogenated alkanes) is 4. The van der Waals surface area contributed by atoms with Gasteiger partial charge in [-0.15, -0.1) is 0 Å². The quantitative estimate of drug-likeness (QED) is 0.216. The summed E-state index contributed by atoms with van der Waals surface area (Å²) in [6, 6.07) is 0. The maximum Gasteiger partial charge on any atom is 0.305 e. The maximum absolute atomic E-state index is 11.1. The topological polar surface area (TPSA) is 72.5 Å². The summed E-state index contributed by atoms with van der Waals surface area (Å²) in [5.74, 6) is -2.12. The summed E-state index contributed by atoms with van der Waals surface area (Å²) < 4.78 is 32.4. The van der Waals surface area contributed by atoms with Gasteiger partial charge in [-0.1, -0.05) is 19.3 Å². The molecule has 0 aliphatic carbocycles. The van der Waals surface area contributed by atoms with E-state index in [1.54, 1.807) is 20.3 Å². The average molecular weight is 360 g/mol. The van der Waals surface area contributed by atoms with Crippen LogP contribution in [0.5, 0.6) is 0 Å². The van der Waals surface area contributed by atoms with E-state index in [0.29, 0.717) is 12.8 Å². The fourth-order valence-electron chi connectivity index (χ4n) is 2.96. The molecule has 1 aliphatic heterocycles. The van der Waals surface area contributed by atoms with Gasteiger partial charge in [0.05, 0.1) is 7.11 Å². The normalized spacial score (nSPS) is 25.7. The standard InChI is InChI=1S/C18H32O7/c1-20-15(19)11-9-7-6-8-10-12-17(23-4)13-14-18(24-5,25-17)16(21-2)22-3/h13-14,16H,6-12H2,1-5H3. The van der Waals surface area contributed by atoms with E-state index in [1.165, 1.54) is 21.3 Å². The molecule has 0 amide bonds. The van der Waals surface area contributed by atoms with Crippen LogP contribution in [0.25, 0.3) is 0 Å². The SMILES string of the molecule is COC(=O)CCCCCCCC1(OC)C=CC(OC)(C(OC)OC)O1. The molecule has 2 unspecified atom stereocenters. The first-order valence-electron chi connectivity index (χ1n) is 8.64. The zero-order chi connectivity index (χ0) is 18.8. The Morgan fingerprint density at radius 1 is 0.920 bits per heavy atom. The number of ether oxygens (including phenoxy) is 6. The summed E-state index contributed by atoms with van der Waals surface area (Å²) in [6.07, 6.45) is 9.00. The van der Waals surface area contributed by atoms with E-state index in [9.17, 15) is 4.79 Å². The van der Waals surface area contributed by atoms with Gasteiger partial charge >= 0.3 is 5.97 Å². The van der Waals surface area contributed by atoms with E-state index in [2.05, 4.69) is 4.74 Å². The van der Waals surface area contributed by atoms with Crippen molar-refractivity contribution in [3.05, 3.63) is 12.2 Å². The maximum atomic E-state index is 11.1. The smallest absolute Gasteiger partial charge is 0.305 e. The highest BCUT2D eigenvalue weighted by Crippen LogP contribution is 2.39. The number of rotatable bonds is 13. The Labute approximate surface area is 150 Å². The number of carbonyl (C=O) groups is 1. The molecule has 7 heteroatoms. The van der Waals surface area contributed by atoms with Crippen LogP contribution < -0.4 is 0 Å². The third-order valence-electron chi connectivity index (χ3n) is 4.46. The molecule has 0 spiro atoms. The molecule has 1 aliphatic rings. The molecule has 0 bridgehead atoms. The van der Waals surface area contributed by atoms with Gasteiger partial charge in [-0.25, -0.2) is 0 Å². The minimum absolute atomic E-state index is 0.149. The van der Waals surface area contributed by atoms with Crippen molar-refractivity contribution in [1.29, 1.82) is 0 Å². The number of esters is 1. The minimum atomic E-state index is -1.12. The summed E-state index contributed by atoms with van der Waals surface area (Å²) in [7, 11) is 7.64. The molecule has 0 N–H and O–H groups in total. The van der Waals surface area contributed by atoms with Gasteiger partial charge in [0, 0.05) is 41.3 Å². The molecule has 2 atom stereocenters. The average Bonchev–Trinajstić information content (AvgIpc) is 3.02. The van der Waals surface area contributed by atoms with Gasteiger partial charge in [0.15, 0.2) is 5.79 Å². The second-order valence-corrected chi connectivity index (χ2v) is 6.02. The largest absolute Gasteiger partial charge is 0.469 e. The molecule has 146 valence electrons. The molecule has 0 fully saturated rings. The van der Waals surface area contributed by atoms with Crippen LogP contribution >= 0.6 is 0 Å². The first-order valence-corrected chi connectivity index (χ1v) is 8.64. The highest BCUT2D eigenvalue weighted by Gasteiger charge is 2.51. The fourth-order valence-corrected chi connectivity index (χ4v) is 2.96. The molecule has 1 heterocycles. The van der Waals surface area contributed by atoms with Crippen LogP contribution in [0.4, 0.5) is 0 Å². The van der Waals surface area contributed by atoms with Crippen LogP contribution in [0.1, 0.15) is 44.9 Å². The minimum Gasteiger partial charge on any atom is -0.469 e. The Hall–Kier alpha value is -0.990. The van der Waals surface area contributed by atoms with E-state index in [1.807, 2.05) is 6.08 Å². The zero-order valence-electron chi connectivity index (χ0n) is 16.0. The molecule has 0 aromatic carbocycles. The van der Waals surface area contributed by atoms with Crippen molar-refractivity contribution in [3.63, 3.8) is 0 Å². The van der Waals surface area contributed by atoms with Gasteiger partial charge in [-0.3, -0.25) is 4.79 Å². The summed E-state index contributed by atoms with van der Waals surface area (Å²) in [5.41, 5.74) is 0. The molecular formula is C18H32O7. The highest BCUT2D eigenvalue weighted by atomic mass is 16.8. The third kappa shape index (κ3) is 6.04. The summed E-state index contributed by atoms with van der Waals surface area (Å²) in [6.45, 7) is 0. The molecule has 0 aromatic rings. The highest BCUT2D eigenvalue weighted by molar-refractivity contribution is 5.68. The summed E-state index contributed by atoms with van der Waals surface area (Å²) in [4.78, 5) is 11.1. The lowest BCUT2D eigenvalue weighted by Crippen LogP contribution is -2.49. The van der Waals surface area contributed by atoms with Crippen molar-refractivity contribution < 1.29 is 33.2 Å². The van der Waals surface area contributed by atoms with Crippen molar-refractivity contribution >= 4 is 5.97 Å². The lowest BCUT2D eigenvalue weighted by molar-refractivity contribution is -0.361. The Balaban J connectivity index is 2.41. The molecule has 0 aromatic heterocycles. The van der Waals surface area contributed by atoms with Gasteiger partial charge < -0.3 is 28.4 Å². The second-order valence-electron chi connectivity index (χ2n) is 6.02. The van der Waals surface area contributed by atoms with Gasteiger partial charge in [0.2, 0.25) is 12.1 Å². The van der Waals surface area contributed by atoms with Crippen LogP contribution in [0.15, 0.2) is 12.2 Å². The van der Waals surface area contributed by atoms with Crippen molar-refractivity contribution in [1.82, 2.24) is 0 Å². The van der Waals surface area contributed by atoms with E-state index in [4.69, 9.17) is 23.7 Å². The Kier molecular flexibility index (Phi) is 9.60. The number of methoxy groups -OCH3 is 5. The number of carbonyl (C=O) groups excluding carboxylic acids is 1. The third-order valence-corrected chi connectivity index (χ3v) is 4.46. The molecular weight excluding hydrogens is 328 g/mol. The van der Waals surface area contributed by atoms with Crippen LogP contribution in [0.2, 0.25) is 0 Å². The first-order chi connectivity index (χ1) is 12.0. The van der Waals surface area contributed by atoms with E-state index in [-0.39, 0.29) is 5.97 Å². The predicted molar refractivity (Wildman–Crippen MR) is 91.8 cm³/mol. The number of hydrogen-bond donors (Lipinski definition) is 0. The van der Waals surface area contributed by atoms with E-state index >= 15 is 0 Å². The molecule has 25 heavy (non-hydrogen) atoms. The lowest BCUT2D eigenvalue weighted by Gasteiger charge is -2.36. The Morgan fingerprint density at radius 2 is 1.56 bits per heavy atom. The predicted octanol–water partition coefficient (Wildman–Crippen LogP) is 2.78. The Morgan fingerprint density at radius 3 is 2.12 bits per heavy atom. The van der Waals surface area contributed by atoms with E-state index in [0.717, 1.165) is 32.1 Å². The van der Waals surface area contributed by atoms with Crippen LogP contribution in [0, 0.1) is 0 Å². The van der Waals surface area contributed by atoms with Gasteiger partial charge in [-0.05, 0) is 25.0 Å². The lowest BCUT2D eigenvalue weighted by atomic mass is 10.0. The zero-order valence-corrected chi connectivity index (χ0v) is 16.0. The van der Waals surface area contributed by atoms with Crippen molar-refractivity contribution in [2.75, 3.05) is 35.5 Å². The summed E-state index contributed by atoms with van der Waals surface area (Å²) >= 11 is 0. The second kappa shape index (κ2) is 10.9. The Bertz CT molecular complexity index is 422. The van der Waals surface area contributed by atoms with Gasteiger partial charge in [0.1, 0.15) is 0 Å².